The number of benzene rings is 1. The van der Waals surface area contributed by atoms with Gasteiger partial charge in [0.1, 0.15) is 18.0 Å². The highest BCUT2D eigenvalue weighted by atomic mass is 16.6. The van der Waals surface area contributed by atoms with Gasteiger partial charge in [-0.1, -0.05) is 32.9 Å². The summed E-state index contributed by atoms with van der Waals surface area (Å²) < 4.78 is 12.4. The summed E-state index contributed by atoms with van der Waals surface area (Å²) in [6.45, 7) is 25.3. The Kier molecular flexibility index (Phi) is 9.35. The van der Waals surface area contributed by atoms with Crippen molar-refractivity contribution >= 4 is 11.9 Å². The lowest BCUT2D eigenvalue weighted by Gasteiger charge is -2.53. The predicted octanol–water partition coefficient (Wildman–Crippen LogP) is 6.55. The van der Waals surface area contributed by atoms with E-state index < -0.39 is 17.9 Å². The van der Waals surface area contributed by atoms with Crippen LogP contribution in [0.3, 0.4) is 0 Å². The molecule has 7 heteroatoms. The molecule has 0 aliphatic carbocycles. The van der Waals surface area contributed by atoms with Gasteiger partial charge in [0.25, 0.3) is 0 Å². The molecule has 0 bridgehead atoms. The van der Waals surface area contributed by atoms with Crippen LogP contribution in [0.2, 0.25) is 0 Å². The molecule has 3 rings (SSSR count). The van der Waals surface area contributed by atoms with Crippen LogP contribution >= 0.6 is 0 Å². The van der Waals surface area contributed by atoms with E-state index >= 15 is 0 Å². The zero-order chi connectivity index (χ0) is 32.2. The minimum Gasteiger partial charge on any atom is -0.507 e. The van der Waals surface area contributed by atoms with E-state index in [1.807, 2.05) is 39.8 Å². The summed E-state index contributed by atoms with van der Waals surface area (Å²) >= 11 is 0. The van der Waals surface area contributed by atoms with Gasteiger partial charge in [-0.2, -0.15) is 0 Å². The molecule has 0 amide bonds. The number of aryl methyl sites for hydroxylation is 1. The number of aromatic hydroxyl groups is 1. The number of phenolic OH excluding ortho intramolecular Hbond substituents is 1. The normalized spacial score (nSPS) is 23.1. The number of hydrogen-bond donors (Lipinski definition) is 1. The molecule has 2 heterocycles. The van der Waals surface area contributed by atoms with E-state index in [0.29, 0.717) is 25.7 Å². The third-order valence-corrected chi connectivity index (χ3v) is 10.3. The second kappa shape index (κ2) is 11.4. The average molecular weight is 587 g/mol. The molecule has 0 spiro atoms. The molecular formula is C35H58N2O5. The number of phenols is 1. The maximum absolute atomic E-state index is 13.9. The van der Waals surface area contributed by atoms with E-state index in [4.69, 9.17) is 9.47 Å². The summed E-state index contributed by atoms with van der Waals surface area (Å²) in [5.74, 6) is -1.91. The Hall–Kier alpha value is -2.12. The van der Waals surface area contributed by atoms with Crippen molar-refractivity contribution in [3.05, 3.63) is 28.8 Å². The Morgan fingerprint density at radius 1 is 0.810 bits per heavy atom. The number of esters is 2. The van der Waals surface area contributed by atoms with Gasteiger partial charge >= 0.3 is 11.9 Å². The van der Waals surface area contributed by atoms with Crippen LogP contribution in [0.1, 0.15) is 119 Å². The molecule has 1 aromatic carbocycles. The van der Waals surface area contributed by atoms with Gasteiger partial charge in [-0.3, -0.25) is 19.4 Å². The molecule has 2 aliphatic rings. The number of hydrogen-bond acceptors (Lipinski definition) is 7. The predicted molar refractivity (Wildman–Crippen MR) is 169 cm³/mol. The molecule has 1 aromatic rings. The van der Waals surface area contributed by atoms with Gasteiger partial charge < -0.3 is 14.6 Å². The number of carbonyl (C=O) groups is 2. The Bertz CT molecular complexity index is 1080. The van der Waals surface area contributed by atoms with E-state index in [9.17, 15) is 14.7 Å². The van der Waals surface area contributed by atoms with Crippen LogP contribution in [0, 0.1) is 12.8 Å². The van der Waals surface area contributed by atoms with Crippen molar-refractivity contribution < 1.29 is 24.2 Å². The molecule has 0 unspecified atom stereocenters. The van der Waals surface area contributed by atoms with Crippen molar-refractivity contribution in [1.82, 2.24) is 9.80 Å². The first-order chi connectivity index (χ1) is 18.9. The lowest BCUT2D eigenvalue weighted by atomic mass is 9.78. The van der Waals surface area contributed by atoms with Crippen molar-refractivity contribution in [3.63, 3.8) is 0 Å². The summed E-state index contributed by atoms with van der Waals surface area (Å²) in [4.78, 5) is 32.6. The minimum absolute atomic E-state index is 0.153. The Labute approximate surface area is 255 Å². The lowest BCUT2D eigenvalue weighted by Crippen LogP contribution is -2.61. The molecule has 42 heavy (non-hydrogen) atoms. The van der Waals surface area contributed by atoms with Crippen LogP contribution in [0.15, 0.2) is 12.1 Å². The maximum atomic E-state index is 13.9. The summed E-state index contributed by atoms with van der Waals surface area (Å²) in [6, 6.07) is 3.78. The largest absolute Gasteiger partial charge is 0.507 e. The van der Waals surface area contributed by atoms with Gasteiger partial charge in [-0.25, -0.2) is 0 Å². The summed E-state index contributed by atoms with van der Waals surface area (Å²) in [5, 5.41) is 10.8. The van der Waals surface area contributed by atoms with E-state index in [-0.39, 0.29) is 51.9 Å². The number of nitrogens with zero attached hydrogens (tertiary/aromatic N) is 2. The zero-order valence-corrected chi connectivity index (χ0v) is 28.9. The van der Waals surface area contributed by atoms with E-state index in [1.165, 1.54) is 0 Å². The molecule has 2 aliphatic heterocycles. The summed E-state index contributed by atoms with van der Waals surface area (Å²) in [7, 11) is 4.23. The molecule has 0 saturated carbocycles. The van der Waals surface area contributed by atoms with Crippen LogP contribution in [0.5, 0.6) is 5.75 Å². The zero-order valence-electron chi connectivity index (χ0n) is 28.9. The second-order valence-corrected chi connectivity index (χ2v) is 16.6. The molecule has 238 valence electrons. The number of carbonyl (C=O) groups excluding carboxylic acids is 2. The first-order valence-electron chi connectivity index (χ1n) is 15.6. The van der Waals surface area contributed by atoms with Crippen molar-refractivity contribution in [2.75, 3.05) is 14.1 Å². The Morgan fingerprint density at radius 3 is 1.50 bits per heavy atom. The van der Waals surface area contributed by atoms with Crippen molar-refractivity contribution in [3.8, 4) is 5.75 Å². The molecule has 2 fully saturated rings. The van der Waals surface area contributed by atoms with Crippen LogP contribution < -0.4 is 0 Å². The van der Waals surface area contributed by atoms with Gasteiger partial charge in [0.15, 0.2) is 5.92 Å². The molecule has 1 N–H and O–H groups in total. The standard InChI is InChI=1S/C35H58N2O5/c1-22-15-23(17-27(28(22)38)31(2,3)4)16-26(29(39)41-24-18-32(5,6)36(13)33(7,8)19-24)30(40)42-25-20-34(9,10)37(14)35(11,12)21-25/h15,17,24-26,38H,16,18-21H2,1-14H3. The number of ether oxygens (including phenoxy) is 2. The molecular weight excluding hydrogens is 528 g/mol. The van der Waals surface area contributed by atoms with Crippen molar-refractivity contribution in [1.29, 1.82) is 0 Å². The fourth-order valence-corrected chi connectivity index (χ4v) is 7.26. The van der Waals surface area contributed by atoms with Gasteiger partial charge in [-0.15, -0.1) is 0 Å². The fraction of sp³-hybridized carbons (Fsp3) is 0.771. The highest BCUT2D eigenvalue weighted by Gasteiger charge is 2.47. The lowest BCUT2D eigenvalue weighted by molar-refractivity contribution is -0.177. The van der Waals surface area contributed by atoms with Crippen LogP contribution in [0.4, 0.5) is 0 Å². The number of rotatable bonds is 6. The first-order valence-corrected chi connectivity index (χ1v) is 15.6. The quantitative estimate of drug-likeness (QED) is 0.299. The smallest absolute Gasteiger partial charge is 0.320 e. The summed E-state index contributed by atoms with van der Waals surface area (Å²) in [5.41, 5.74) is 1.35. The molecule has 0 atom stereocenters. The minimum atomic E-state index is -1.10. The van der Waals surface area contributed by atoms with Crippen molar-refractivity contribution in [2.45, 2.75) is 155 Å². The monoisotopic (exact) mass is 586 g/mol. The van der Waals surface area contributed by atoms with Crippen LogP contribution in [-0.2, 0) is 30.9 Å². The Morgan fingerprint density at radius 2 is 1.17 bits per heavy atom. The average Bonchev–Trinajstić information content (AvgIpc) is 2.79. The number of likely N-dealkylation sites (tertiary alicyclic amines) is 2. The fourth-order valence-electron chi connectivity index (χ4n) is 7.26. The van der Waals surface area contributed by atoms with E-state index in [0.717, 1.165) is 16.7 Å². The van der Waals surface area contributed by atoms with E-state index in [2.05, 4.69) is 79.3 Å². The third-order valence-electron chi connectivity index (χ3n) is 10.3. The van der Waals surface area contributed by atoms with Gasteiger partial charge in [0.05, 0.1) is 0 Å². The third kappa shape index (κ3) is 7.32. The molecule has 2 saturated heterocycles. The van der Waals surface area contributed by atoms with E-state index in [1.54, 1.807) is 0 Å². The van der Waals surface area contributed by atoms with Gasteiger partial charge in [0.2, 0.25) is 0 Å². The van der Waals surface area contributed by atoms with Crippen molar-refractivity contribution in [2.24, 2.45) is 5.92 Å². The molecule has 0 radical (unpaired) electrons. The highest BCUT2D eigenvalue weighted by Crippen LogP contribution is 2.41. The number of piperidine rings is 2. The first kappa shape index (κ1) is 34.4. The highest BCUT2D eigenvalue weighted by molar-refractivity contribution is 5.95. The Balaban J connectivity index is 1.94. The summed E-state index contributed by atoms with van der Waals surface area (Å²) in [6.07, 6.45) is 2.28. The second-order valence-electron chi connectivity index (χ2n) is 16.6. The van der Waals surface area contributed by atoms with Crippen LogP contribution in [-0.4, -0.2) is 75.3 Å². The van der Waals surface area contributed by atoms with Gasteiger partial charge in [-0.05, 0) is 105 Å². The maximum Gasteiger partial charge on any atom is 0.320 e. The van der Waals surface area contributed by atoms with Crippen LogP contribution in [0.25, 0.3) is 0 Å². The molecule has 0 aromatic heterocycles. The SMILES string of the molecule is Cc1cc(CC(C(=O)OC2CC(C)(C)N(C)C(C)(C)C2)C(=O)OC2CC(C)(C)N(C)C(C)(C)C2)cc(C(C)(C)C)c1O. The molecule has 7 nitrogen and oxygen atoms in total. The topological polar surface area (TPSA) is 79.3 Å². The van der Waals surface area contributed by atoms with Gasteiger partial charge in [0, 0.05) is 47.8 Å².